The molecule has 0 unspecified atom stereocenters. The van der Waals surface area contributed by atoms with Crippen LogP contribution in [0.3, 0.4) is 0 Å². The first-order valence-corrected chi connectivity index (χ1v) is 5.63. The lowest BCUT2D eigenvalue weighted by molar-refractivity contribution is -0.110. The second-order valence-corrected chi connectivity index (χ2v) is 4.42. The largest absolute Gasteiger partial charge is 0.391 e. The fraction of sp³-hybridized carbons (Fsp3) is 0.800. The fourth-order valence-electron chi connectivity index (χ4n) is 2.08. The molecule has 80 valence electrons. The Kier molecular flexibility index (Phi) is 4.32. The van der Waals surface area contributed by atoms with Crippen LogP contribution in [0.15, 0.2) is 0 Å². The molecule has 1 aliphatic carbocycles. The molecule has 1 rings (SSSR count). The summed E-state index contributed by atoms with van der Waals surface area (Å²) in [5, 5.41) is 2.82. The van der Waals surface area contributed by atoms with Gasteiger partial charge in [0.1, 0.15) is 0 Å². The molecular weight excluding hydrogens is 196 g/mol. The highest BCUT2D eigenvalue weighted by atomic mass is 32.1. The summed E-state index contributed by atoms with van der Waals surface area (Å²) in [5.41, 5.74) is 5.31. The van der Waals surface area contributed by atoms with Crippen LogP contribution in [0.1, 0.15) is 44.9 Å². The lowest BCUT2D eigenvalue weighted by Crippen LogP contribution is -2.54. The summed E-state index contributed by atoms with van der Waals surface area (Å²) in [4.78, 5) is 11.0. The van der Waals surface area contributed by atoms with Gasteiger partial charge in [0.05, 0.1) is 10.5 Å². The van der Waals surface area contributed by atoms with Crippen LogP contribution in [0.2, 0.25) is 0 Å². The van der Waals surface area contributed by atoms with Gasteiger partial charge in [-0.3, -0.25) is 4.79 Å². The van der Waals surface area contributed by atoms with E-state index >= 15 is 0 Å². The summed E-state index contributed by atoms with van der Waals surface area (Å²) < 4.78 is 0. The van der Waals surface area contributed by atoms with Crippen molar-refractivity contribution in [2.45, 2.75) is 50.5 Å². The van der Waals surface area contributed by atoms with E-state index in [9.17, 15) is 4.79 Å². The van der Waals surface area contributed by atoms with Crippen molar-refractivity contribution in [3.05, 3.63) is 0 Å². The molecule has 1 fully saturated rings. The average Bonchev–Trinajstić information content (AvgIpc) is 2.09. The van der Waals surface area contributed by atoms with Crippen LogP contribution in [0, 0.1) is 0 Å². The number of nitrogens with two attached hydrogens (primary N) is 1. The van der Waals surface area contributed by atoms with Crippen molar-refractivity contribution < 1.29 is 4.79 Å². The Bertz CT molecular complexity index is 210. The van der Waals surface area contributed by atoms with E-state index in [1.165, 1.54) is 19.3 Å². The Labute approximate surface area is 90.4 Å². The smallest absolute Gasteiger partial charge is 0.207 e. The van der Waals surface area contributed by atoms with Crippen molar-refractivity contribution in [3.8, 4) is 0 Å². The molecule has 0 atom stereocenters. The number of carbonyl (C=O) groups is 1. The minimum Gasteiger partial charge on any atom is -0.391 e. The van der Waals surface area contributed by atoms with Gasteiger partial charge in [-0.25, -0.2) is 0 Å². The van der Waals surface area contributed by atoms with Crippen LogP contribution in [-0.4, -0.2) is 16.9 Å². The van der Waals surface area contributed by atoms with Crippen LogP contribution >= 0.6 is 12.2 Å². The van der Waals surface area contributed by atoms with Gasteiger partial charge in [0.15, 0.2) is 0 Å². The topological polar surface area (TPSA) is 55.1 Å². The van der Waals surface area contributed by atoms with E-state index in [-0.39, 0.29) is 0 Å². The molecule has 0 heterocycles. The van der Waals surface area contributed by atoms with Gasteiger partial charge >= 0.3 is 0 Å². The van der Waals surface area contributed by atoms with Gasteiger partial charge < -0.3 is 11.1 Å². The van der Waals surface area contributed by atoms with E-state index < -0.39 is 5.54 Å². The quantitative estimate of drug-likeness (QED) is 0.553. The number of carbonyl (C=O) groups excluding carboxylic acids is 1. The highest BCUT2D eigenvalue weighted by Gasteiger charge is 2.32. The zero-order valence-corrected chi connectivity index (χ0v) is 9.24. The zero-order valence-electron chi connectivity index (χ0n) is 8.42. The molecule has 0 bridgehead atoms. The first-order valence-electron chi connectivity index (χ1n) is 5.22. The van der Waals surface area contributed by atoms with Gasteiger partial charge in [-0.15, -0.1) is 0 Å². The molecule has 0 radical (unpaired) electrons. The van der Waals surface area contributed by atoms with Gasteiger partial charge in [0.25, 0.3) is 0 Å². The van der Waals surface area contributed by atoms with Gasteiger partial charge in [-0.05, 0) is 12.8 Å². The molecule has 3 N–H and O–H groups in total. The van der Waals surface area contributed by atoms with Crippen molar-refractivity contribution in [2.24, 2.45) is 5.73 Å². The second-order valence-electron chi connectivity index (χ2n) is 3.98. The maximum Gasteiger partial charge on any atom is 0.207 e. The summed E-state index contributed by atoms with van der Waals surface area (Å²) >= 11 is 5.05. The molecule has 0 aromatic rings. The number of thiocarbonyl (C=S) groups is 1. The highest BCUT2D eigenvalue weighted by Crippen LogP contribution is 2.26. The zero-order chi connectivity index (χ0) is 10.4. The molecule has 3 nitrogen and oxygen atoms in total. The molecule has 1 amide bonds. The fourth-order valence-corrected chi connectivity index (χ4v) is 2.35. The predicted octanol–water partition coefficient (Wildman–Crippen LogP) is 1.50. The van der Waals surface area contributed by atoms with Crippen LogP contribution in [0.25, 0.3) is 0 Å². The first-order chi connectivity index (χ1) is 6.71. The summed E-state index contributed by atoms with van der Waals surface area (Å²) in [7, 11) is 0. The lowest BCUT2D eigenvalue weighted by Gasteiger charge is -2.33. The standard InChI is InChI=1S/C10H18N2OS/c11-9(14)10(12-8-13)6-4-2-1-3-5-7-10/h8H,1-7H2,(H2,11,14)(H,12,13). The summed E-state index contributed by atoms with van der Waals surface area (Å²) in [6.45, 7) is 0. The number of amides is 1. The third-order valence-corrected chi connectivity index (χ3v) is 3.40. The molecular formula is C10H18N2OS. The third kappa shape index (κ3) is 2.67. The number of nitrogens with one attached hydrogen (secondary N) is 1. The van der Waals surface area contributed by atoms with Crippen molar-refractivity contribution in [3.63, 3.8) is 0 Å². The number of rotatable bonds is 3. The molecule has 1 saturated carbocycles. The monoisotopic (exact) mass is 214 g/mol. The molecule has 0 spiro atoms. The molecule has 14 heavy (non-hydrogen) atoms. The Morgan fingerprint density at radius 3 is 2.14 bits per heavy atom. The van der Waals surface area contributed by atoms with Gasteiger partial charge in [-0.2, -0.15) is 0 Å². The Hall–Kier alpha value is -0.640. The SMILES string of the molecule is NC(=S)C1(NC=O)CCCCCCC1. The molecule has 0 aromatic heterocycles. The number of hydrogen-bond acceptors (Lipinski definition) is 2. The van der Waals surface area contributed by atoms with E-state index in [1.807, 2.05) is 0 Å². The van der Waals surface area contributed by atoms with Crippen molar-refractivity contribution >= 4 is 23.6 Å². The molecule has 4 heteroatoms. The Morgan fingerprint density at radius 2 is 1.71 bits per heavy atom. The first kappa shape index (κ1) is 11.4. The maximum atomic E-state index is 10.6. The lowest BCUT2D eigenvalue weighted by atomic mass is 9.84. The summed E-state index contributed by atoms with van der Waals surface area (Å²) in [6, 6.07) is 0. The molecule has 0 aliphatic heterocycles. The van der Waals surface area contributed by atoms with Gasteiger partial charge in [-0.1, -0.05) is 44.3 Å². The van der Waals surface area contributed by atoms with E-state index in [0.717, 1.165) is 32.1 Å². The minimum absolute atomic E-state index is 0.405. The second kappa shape index (κ2) is 5.29. The van der Waals surface area contributed by atoms with Crippen LogP contribution in [0.5, 0.6) is 0 Å². The predicted molar refractivity (Wildman–Crippen MR) is 61.0 cm³/mol. The van der Waals surface area contributed by atoms with Crippen molar-refractivity contribution in [1.29, 1.82) is 0 Å². The van der Waals surface area contributed by atoms with E-state index in [4.69, 9.17) is 18.0 Å². The molecule has 1 aliphatic rings. The van der Waals surface area contributed by atoms with Gasteiger partial charge in [0, 0.05) is 0 Å². The summed E-state index contributed by atoms with van der Waals surface area (Å²) in [6.07, 6.45) is 8.41. The van der Waals surface area contributed by atoms with Crippen LogP contribution in [-0.2, 0) is 4.79 Å². The molecule has 0 aromatic carbocycles. The van der Waals surface area contributed by atoms with Crippen molar-refractivity contribution in [2.75, 3.05) is 0 Å². The van der Waals surface area contributed by atoms with Crippen molar-refractivity contribution in [1.82, 2.24) is 5.32 Å². The minimum atomic E-state index is -0.405. The van der Waals surface area contributed by atoms with E-state index in [1.54, 1.807) is 0 Å². The van der Waals surface area contributed by atoms with Gasteiger partial charge in [0.2, 0.25) is 6.41 Å². The number of hydrogen-bond donors (Lipinski definition) is 2. The van der Waals surface area contributed by atoms with Crippen LogP contribution < -0.4 is 11.1 Å². The van der Waals surface area contributed by atoms with E-state index in [2.05, 4.69) is 5.32 Å². The maximum absolute atomic E-state index is 10.6. The average molecular weight is 214 g/mol. The Balaban J connectivity index is 2.70. The summed E-state index contributed by atoms with van der Waals surface area (Å²) in [5.74, 6) is 0. The highest BCUT2D eigenvalue weighted by molar-refractivity contribution is 7.80. The normalized spacial score (nSPS) is 21.7. The van der Waals surface area contributed by atoms with E-state index in [0.29, 0.717) is 4.99 Å². The van der Waals surface area contributed by atoms with Crippen LogP contribution in [0.4, 0.5) is 0 Å². The third-order valence-electron chi connectivity index (χ3n) is 3.01. The molecule has 0 saturated heterocycles. The Morgan fingerprint density at radius 1 is 1.21 bits per heavy atom.